The van der Waals surface area contributed by atoms with Crippen LogP contribution in [0.5, 0.6) is 0 Å². The first-order valence-electron chi connectivity index (χ1n) is 7.82. The lowest BCUT2D eigenvalue weighted by atomic mass is 10.0. The van der Waals surface area contributed by atoms with Crippen LogP contribution in [0.4, 0.5) is 5.69 Å². The monoisotopic (exact) mass is 337 g/mol. The third-order valence-corrected chi connectivity index (χ3v) is 5.21. The van der Waals surface area contributed by atoms with Crippen LogP contribution in [0.2, 0.25) is 0 Å². The molecule has 2 amide bonds. The van der Waals surface area contributed by atoms with Crippen molar-refractivity contribution in [2.45, 2.75) is 25.7 Å². The lowest BCUT2D eigenvalue weighted by Crippen LogP contribution is -2.40. The van der Waals surface area contributed by atoms with E-state index in [-0.39, 0.29) is 11.8 Å². The second-order valence-electron chi connectivity index (χ2n) is 5.96. The SMILES string of the molecule is C/C(=C\c1ccc(C)c(C)c1)C(=O)N1C(=O)CSc2ccccc21. The summed E-state index contributed by atoms with van der Waals surface area (Å²) in [5, 5.41) is 0. The van der Waals surface area contributed by atoms with Gasteiger partial charge >= 0.3 is 0 Å². The Balaban J connectivity index is 1.94. The Labute approximate surface area is 146 Å². The zero-order valence-corrected chi connectivity index (χ0v) is 14.8. The number of hydrogen-bond donors (Lipinski definition) is 0. The molecule has 0 N–H and O–H groups in total. The standard InChI is InChI=1S/C20H19NO2S/c1-13-8-9-16(10-14(13)2)11-15(3)20(23)21-17-6-4-5-7-18(17)24-12-19(21)22/h4-11H,12H2,1-3H3/b15-11+. The molecule has 1 heterocycles. The van der Waals surface area contributed by atoms with Gasteiger partial charge in [-0.05, 0) is 55.7 Å². The molecule has 0 radical (unpaired) electrons. The lowest BCUT2D eigenvalue weighted by Gasteiger charge is -2.27. The van der Waals surface area contributed by atoms with Crippen molar-refractivity contribution >= 4 is 35.3 Å². The molecule has 3 nitrogen and oxygen atoms in total. The zero-order valence-electron chi connectivity index (χ0n) is 14.0. The van der Waals surface area contributed by atoms with Crippen molar-refractivity contribution in [3.05, 3.63) is 64.7 Å². The molecule has 1 aliphatic rings. The Bertz CT molecular complexity index is 854. The first kappa shape index (κ1) is 16.5. The molecule has 0 aliphatic carbocycles. The number of thioether (sulfide) groups is 1. The van der Waals surface area contributed by atoms with Crippen molar-refractivity contribution in [2.24, 2.45) is 0 Å². The number of carbonyl (C=O) groups excluding carboxylic acids is 2. The van der Waals surface area contributed by atoms with E-state index in [9.17, 15) is 9.59 Å². The molecule has 0 bridgehead atoms. The molecule has 24 heavy (non-hydrogen) atoms. The smallest absolute Gasteiger partial charge is 0.260 e. The van der Waals surface area contributed by atoms with Gasteiger partial charge in [0.25, 0.3) is 5.91 Å². The number of benzene rings is 2. The Morgan fingerprint density at radius 1 is 1.12 bits per heavy atom. The van der Waals surface area contributed by atoms with Gasteiger partial charge < -0.3 is 0 Å². The fourth-order valence-corrected chi connectivity index (χ4v) is 3.56. The predicted octanol–water partition coefficient (Wildman–Crippen LogP) is 4.37. The van der Waals surface area contributed by atoms with Crippen LogP contribution >= 0.6 is 11.8 Å². The van der Waals surface area contributed by atoms with Crippen LogP contribution in [0.15, 0.2) is 52.9 Å². The molecule has 0 fully saturated rings. The van der Waals surface area contributed by atoms with E-state index in [1.165, 1.54) is 27.8 Å². The molecule has 0 aromatic heterocycles. The van der Waals surface area contributed by atoms with Crippen LogP contribution < -0.4 is 4.90 Å². The summed E-state index contributed by atoms with van der Waals surface area (Å²) in [4.78, 5) is 27.4. The number of amides is 2. The van der Waals surface area contributed by atoms with Crippen LogP contribution in [0, 0.1) is 13.8 Å². The maximum Gasteiger partial charge on any atom is 0.260 e. The lowest BCUT2D eigenvalue weighted by molar-refractivity contribution is -0.123. The molecular formula is C20H19NO2S. The quantitative estimate of drug-likeness (QED) is 0.764. The predicted molar refractivity (Wildman–Crippen MR) is 99.2 cm³/mol. The second kappa shape index (κ2) is 6.65. The number of fused-ring (bicyclic) bond motifs is 1. The number of anilines is 1. The van der Waals surface area contributed by atoms with Gasteiger partial charge in [0.05, 0.1) is 11.4 Å². The fraction of sp³-hybridized carbons (Fsp3) is 0.200. The van der Waals surface area contributed by atoms with E-state index in [0.29, 0.717) is 17.0 Å². The van der Waals surface area contributed by atoms with Crippen LogP contribution in [0.25, 0.3) is 6.08 Å². The summed E-state index contributed by atoms with van der Waals surface area (Å²) in [6.07, 6.45) is 1.84. The van der Waals surface area contributed by atoms with E-state index in [1.54, 1.807) is 6.92 Å². The van der Waals surface area contributed by atoms with Gasteiger partial charge in [-0.2, -0.15) is 0 Å². The summed E-state index contributed by atoms with van der Waals surface area (Å²) in [5.74, 6) is -0.137. The number of hydrogen-bond acceptors (Lipinski definition) is 3. The highest BCUT2D eigenvalue weighted by Crippen LogP contribution is 2.35. The van der Waals surface area contributed by atoms with Gasteiger partial charge in [0.2, 0.25) is 5.91 Å². The van der Waals surface area contributed by atoms with Gasteiger partial charge in [0.1, 0.15) is 0 Å². The number of rotatable bonds is 2. The zero-order chi connectivity index (χ0) is 17.3. The van der Waals surface area contributed by atoms with Gasteiger partial charge in [0.15, 0.2) is 0 Å². The molecule has 1 aliphatic heterocycles. The van der Waals surface area contributed by atoms with Crippen molar-refractivity contribution in [3.63, 3.8) is 0 Å². The highest BCUT2D eigenvalue weighted by Gasteiger charge is 2.30. The highest BCUT2D eigenvalue weighted by atomic mass is 32.2. The normalized spacial score (nSPS) is 14.5. The molecule has 0 unspecified atom stereocenters. The van der Waals surface area contributed by atoms with Crippen LogP contribution in [-0.2, 0) is 9.59 Å². The fourth-order valence-electron chi connectivity index (χ4n) is 2.67. The van der Waals surface area contributed by atoms with E-state index < -0.39 is 0 Å². The largest absolute Gasteiger partial charge is 0.273 e. The first-order chi connectivity index (χ1) is 11.5. The van der Waals surface area contributed by atoms with Gasteiger partial charge in [-0.25, -0.2) is 4.90 Å². The molecule has 0 atom stereocenters. The maximum absolute atomic E-state index is 12.9. The van der Waals surface area contributed by atoms with Gasteiger partial charge in [-0.15, -0.1) is 11.8 Å². The molecule has 4 heteroatoms. The van der Waals surface area contributed by atoms with Crippen LogP contribution in [-0.4, -0.2) is 17.6 Å². The molecular weight excluding hydrogens is 318 g/mol. The topological polar surface area (TPSA) is 37.4 Å². The van der Waals surface area contributed by atoms with E-state index in [4.69, 9.17) is 0 Å². The molecule has 3 rings (SSSR count). The Kier molecular flexibility index (Phi) is 4.58. The average molecular weight is 337 g/mol. The Morgan fingerprint density at radius 3 is 2.62 bits per heavy atom. The van der Waals surface area contributed by atoms with Crippen LogP contribution in [0.3, 0.4) is 0 Å². The highest BCUT2D eigenvalue weighted by molar-refractivity contribution is 8.00. The van der Waals surface area contributed by atoms with Crippen molar-refractivity contribution in [1.82, 2.24) is 0 Å². The average Bonchev–Trinajstić information content (AvgIpc) is 2.57. The van der Waals surface area contributed by atoms with Crippen molar-refractivity contribution in [3.8, 4) is 0 Å². The minimum Gasteiger partial charge on any atom is -0.273 e. The van der Waals surface area contributed by atoms with E-state index in [2.05, 4.69) is 6.92 Å². The second-order valence-corrected chi connectivity index (χ2v) is 6.98. The first-order valence-corrected chi connectivity index (χ1v) is 8.80. The van der Waals surface area contributed by atoms with Crippen molar-refractivity contribution in [1.29, 1.82) is 0 Å². The van der Waals surface area contributed by atoms with Crippen molar-refractivity contribution < 1.29 is 9.59 Å². The summed E-state index contributed by atoms with van der Waals surface area (Å²) >= 11 is 1.47. The molecule has 2 aromatic rings. The summed E-state index contributed by atoms with van der Waals surface area (Å²) < 4.78 is 0. The maximum atomic E-state index is 12.9. The molecule has 0 spiro atoms. The third kappa shape index (κ3) is 3.15. The molecule has 0 saturated heterocycles. The molecule has 0 saturated carbocycles. The minimum absolute atomic E-state index is 0.170. The van der Waals surface area contributed by atoms with Crippen molar-refractivity contribution in [2.75, 3.05) is 10.7 Å². The number of carbonyl (C=O) groups is 2. The van der Waals surface area contributed by atoms with Gasteiger partial charge in [-0.1, -0.05) is 30.3 Å². The Morgan fingerprint density at radius 2 is 1.88 bits per heavy atom. The minimum atomic E-state index is -0.258. The van der Waals surface area contributed by atoms with E-state index >= 15 is 0 Å². The summed E-state index contributed by atoms with van der Waals surface area (Å²) in [5.41, 5.74) is 4.59. The summed E-state index contributed by atoms with van der Waals surface area (Å²) in [7, 11) is 0. The number of imide groups is 1. The molecule has 122 valence electrons. The molecule has 2 aromatic carbocycles. The number of aryl methyl sites for hydroxylation is 2. The van der Waals surface area contributed by atoms with Gasteiger partial charge in [0, 0.05) is 10.5 Å². The van der Waals surface area contributed by atoms with E-state index in [1.807, 2.05) is 55.5 Å². The summed E-state index contributed by atoms with van der Waals surface area (Å²) in [6, 6.07) is 13.6. The summed E-state index contributed by atoms with van der Waals surface area (Å²) in [6.45, 7) is 5.86. The van der Waals surface area contributed by atoms with Gasteiger partial charge in [-0.3, -0.25) is 9.59 Å². The van der Waals surface area contributed by atoms with E-state index in [0.717, 1.165) is 10.5 Å². The van der Waals surface area contributed by atoms with Crippen LogP contribution in [0.1, 0.15) is 23.6 Å². The third-order valence-electron chi connectivity index (χ3n) is 4.16. The Hall–Kier alpha value is -2.33. The number of para-hydroxylation sites is 1. The number of nitrogens with zero attached hydrogens (tertiary/aromatic N) is 1.